The molecule has 2 rings (SSSR count). The highest BCUT2D eigenvalue weighted by molar-refractivity contribution is 5.82. The highest BCUT2D eigenvalue weighted by Crippen LogP contribution is 2.10. The Bertz CT molecular complexity index is 327. The second-order valence-corrected chi connectivity index (χ2v) is 6.68. The second kappa shape index (κ2) is 6.39. The van der Waals surface area contributed by atoms with Gasteiger partial charge in [0.05, 0.1) is 11.6 Å². The molecule has 0 aliphatic carbocycles. The highest BCUT2D eigenvalue weighted by atomic mass is 16.3. The van der Waals surface area contributed by atoms with E-state index in [9.17, 15) is 9.90 Å². The normalized spacial score (nSPS) is 29.5. The number of rotatable bonds is 3. The number of hydrogen-bond acceptors (Lipinski definition) is 5. The summed E-state index contributed by atoms with van der Waals surface area (Å²) in [6, 6.07) is 0.342. The van der Waals surface area contributed by atoms with Crippen molar-refractivity contribution in [3.05, 3.63) is 0 Å². The van der Waals surface area contributed by atoms with Crippen molar-refractivity contribution in [2.45, 2.75) is 38.5 Å². The van der Waals surface area contributed by atoms with Gasteiger partial charge in [0.1, 0.15) is 0 Å². The second-order valence-electron chi connectivity index (χ2n) is 6.68. The van der Waals surface area contributed by atoms with Crippen LogP contribution in [0, 0.1) is 0 Å². The van der Waals surface area contributed by atoms with Gasteiger partial charge >= 0.3 is 0 Å². The molecule has 2 heterocycles. The lowest BCUT2D eigenvalue weighted by molar-refractivity contribution is -0.135. The molecule has 20 heavy (non-hydrogen) atoms. The Kier molecular flexibility index (Phi) is 5.01. The SMILES string of the molecule is CC1CNC(C(=O)N2CCN(CC(C)(C)O)CC2)CN1. The Morgan fingerprint density at radius 3 is 2.35 bits per heavy atom. The first-order valence-electron chi connectivity index (χ1n) is 7.55. The van der Waals surface area contributed by atoms with Gasteiger partial charge in [-0.25, -0.2) is 0 Å². The van der Waals surface area contributed by atoms with Crippen molar-refractivity contribution in [2.75, 3.05) is 45.8 Å². The van der Waals surface area contributed by atoms with Gasteiger partial charge in [-0.05, 0) is 20.8 Å². The molecule has 0 aromatic rings. The Balaban J connectivity index is 1.77. The van der Waals surface area contributed by atoms with Gasteiger partial charge in [-0.3, -0.25) is 9.69 Å². The van der Waals surface area contributed by atoms with E-state index in [-0.39, 0.29) is 11.9 Å². The predicted octanol–water partition coefficient (Wildman–Crippen LogP) is -1.15. The van der Waals surface area contributed by atoms with Crippen molar-refractivity contribution in [3.8, 4) is 0 Å². The summed E-state index contributed by atoms with van der Waals surface area (Å²) in [7, 11) is 0. The minimum absolute atomic E-state index is 0.0907. The van der Waals surface area contributed by atoms with Crippen molar-refractivity contribution < 1.29 is 9.90 Å². The molecule has 6 heteroatoms. The number of carbonyl (C=O) groups is 1. The minimum atomic E-state index is -0.669. The summed E-state index contributed by atoms with van der Waals surface area (Å²) in [5, 5.41) is 16.5. The topological polar surface area (TPSA) is 67.8 Å². The van der Waals surface area contributed by atoms with E-state index in [2.05, 4.69) is 22.5 Å². The summed E-state index contributed by atoms with van der Waals surface area (Å²) < 4.78 is 0. The summed E-state index contributed by atoms with van der Waals surface area (Å²) in [6.45, 7) is 11.2. The first kappa shape index (κ1) is 15.7. The molecule has 0 aromatic heterocycles. The van der Waals surface area contributed by atoms with E-state index in [1.165, 1.54) is 0 Å². The van der Waals surface area contributed by atoms with Crippen LogP contribution in [-0.2, 0) is 4.79 Å². The molecular formula is C14H28N4O2. The standard InChI is InChI=1S/C14H28N4O2/c1-11-8-16-12(9-15-11)13(19)18-6-4-17(5-7-18)10-14(2,3)20/h11-12,15-16,20H,4-10H2,1-3H3. The zero-order valence-electron chi connectivity index (χ0n) is 12.9. The van der Waals surface area contributed by atoms with Crippen LogP contribution in [0.1, 0.15) is 20.8 Å². The molecule has 1 amide bonds. The lowest BCUT2D eigenvalue weighted by Crippen LogP contribution is -2.62. The smallest absolute Gasteiger partial charge is 0.241 e. The summed E-state index contributed by atoms with van der Waals surface area (Å²) in [4.78, 5) is 16.6. The van der Waals surface area contributed by atoms with Crippen molar-refractivity contribution in [1.29, 1.82) is 0 Å². The van der Waals surface area contributed by atoms with Crippen molar-refractivity contribution in [2.24, 2.45) is 0 Å². The molecule has 2 saturated heterocycles. The number of hydrogen-bond donors (Lipinski definition) is 3. The molecule has 2 aliphatic heterocycles. The zero-order valence-corrected chi connectivity index (χ0v) is 12.9. The van der Waals surface area contributed by atoms with Crippen LogP contribution in [0.15, 0.2) is 0 Å². The predicted molar refractivity (Wildman–Crippen MR) is 78.6 cm³/mol. The summed E-state index contributed by atoms with van der Waals surface area (Å²) in [5.41, 5.74) is -0.669. The average molecular weight is 284 g/mol. The molecule has 0 saturated carbocycles. The summed E-state index contributed by atoms with van der Waals surface area (Å²) >= 11 is 0. The van der Waals surface area contributed by atoms with Crippen LogP contribution >= 0.6 is 0 Å². The largest absolute Gasteiger partial charge is 0.389 e. The van der Waals surface area contributed by atoms with E-state index in [0.29, 0.717) is 19.1 Å². The maximum absolute atomic E-state index is 12.4. The first-order valence-corrected chi connectivity index (χ1v) is 7.55. The van der Waals surface area contributed by atoms with E-state index in [4.69, 9.17) is 0 Å². The molecule has 0 aromatic carbocycles. The molecule has 2 aliphatic rings. The van der Waals surface area contributed by atoms with Crippen LogP contribution in [0.2, 0.25) is 0 Å². The van der Waals surface area contributed by atoms with Crippen LogP contribution in [0.4, 0.5) is 0 Å². The molecule has 0 bridgehead atoms. The van der Waals surface area contributed by atoms with Crippen molar-refractivity contribution in [1.82, 2.24) is 20.4 Å². The number of β-amino-alcohol motifs (C(OH)–C–C–N with tert-alkyl or cyclic N) is 1. The monoisotopic (exact) mass is 284 g/mol. The molecule has 0 radical (unpaired) electrons. The van der Waals surface area contributed by atoms with Crippen LogP contribution in [0.25, 0.3) is 0 Å². The third kappa shape index (κ3) is 4.41. The van der Waals surface area contributed by atoms with Gasteiger partial charge in [-0.2, -0.15) is 0 Å². The molecule has 6 nitrogen and oxygen atoms in total. The van der Waals surface area contributed by atoms with Gasteiger partial charge < -0.3 is 20.6 Å². The van der Waals surface area contributed by atoms with Gasteiger partial charge in [0.15, 0.2) is 0 Å². The number of carbonyl (C=O) groups excluding carboxylic acids is 1. The van der Waals surface area contributed by atoms with E-state index in [0.717, 1.165) is 32.7 Å². The number of aliphatic hydroxyl groups is 1. The quantitative estimate of drug-likeness (QED) is 0.611. The maximum Gasteiger partial charge on any atom is 0.241 e. The zero-order chi connectivity index (χ0) is 14.8. The van der Waals surface area contributed by atoms with Gasteiger partial charge in [0.2, 0.25) is 5.91 Å². The maximum atomic E-state index is 12.4. The highest BCUT2D eigenvalue weighted by Gasteiger charge is 2.30. The van der Waals surface area contributed by atoms with E-state index in [1.807, 2.05) is 18.7 Å². The molecule has 2 unspecified atom stereocenters. The molecule has 3 N–H and O–H groups in total. The lowest BCUT2D eigenvalue weighted by atomic mass is 10.1. The molecule has 2 atom stereocenters. The van der Waals surface area contributed by atoms with Crippen molar-refractivity contribution >= 4 is 5.91 Å². The van der Waals surface area contributed by atoms with Gasteiger partial charge in [-0.15, -0.1) is 0 Å². The number of amides is 1. The average Bonchev–Trinajstić information content (AvgIpc) is 2.38. The molecule has 2 fully saturated rings. The summed E-state index contributed by atoms with van der Waals surface area (Å²) in [6.07, 6.45) is 0. The Labute approximate surface area is 121 Å². The van der Waals surface area contributed by atoms with Crippen LogP contribution < -0.4 is 10.6 Å². The molecular weight excluding hydrogens is 256 g/mol. The van der Waals surface area contributed by atoms with Crippen LogP contribution in [0.3, 0.4) is 0 Å². The number of piperazine rings is 2. The lowest BCUT2D eigenvalue weighted by Gasteiger charge is -2.39. The number of nitrogens with zero attached hydrogens (tertiary/aromatic N) is 2. The van der Waals surface area contributed by atoms with Gasteiger partial charge in [0.25, 0.3) is 0 Å². The van der Waals surface area contributed by atoms with Gasteiger partial charge in [0, 0.05) is 51.9 Å². The third-order valence-corrected chi connectivity index (χ3v) is 3.93. The van der Waals surface area contributed by atoms with E-state index in [1.54, 1.807) is 0 Å². The Morgan fingerprint density at radius 2 is 1.85 bits per heavy atom. The molecule has 116 valence electrons. The first-order chi connectivity index (χ1) is 9.35. The Hall–Kier alpha value is -0.690. The van der Waals surface area contributed by atoms with E-state index >= 15 is 0 Å². The fourth-order valence-electron chi connectivity index (χ4n) is 2.85. The number of nitrogens with one attached hydrogen (secondary N) is 2. The Morgan fingerprint density at radius 1 is 1.20 bits per heavy atom. The summed E-state index contributed by atoms with van der Waals surface area (Å²) in [5.74, 6) is 0.201. The minimum Gasteiger partial charge on any atom is -0.389 e. The fourth-order valence-corrected chi connectivity index (χ4v) is 2.85. The van der Waals surface area contributed by atoms with Gasteiger partial charge in [-0.1, -0.05) is 0 Å². The molecule has 0 spiro atoms. The van der Waals surface area contributed by atoms with E-state index < -0.39 is 5.60 Å². The fraction of sp³-hybridized carbons (Fsp3) is 0.929. The van der Waals surface area contributed by atoms with Crippen molar-refractivity contribution in [3.63, 3.8) is 0 Å². The van der Waals surface area contributed by atoms with Crippen LogP contribution in [-0.4, -0.2) is 84.3 Å². The third-order valence-electron chi connectivity index (χ3n) is 3.93. The van der Waals surface area contributed by atoms with Crippen LogP contribution in [0.5, 0.6) is 0 Å².